The second-order valence-electron chi connectivity index (χ2n) is 7.62. The molecule has 30 heavy (non-hydrogen) atoms. The number of carbonyl (C=O) groups excluding carboxylic acids is 2. The second kappa shape index (κ2) is 21.1. The maximum absolute atomic E-state index is 11.7. The summed E-state index contributed by atoms with van der Waals surface area (Å²) in [5, 5.41) is 0. The van der Waals surface area contributed by atoms with E-state index in [1.165, 1.54) is 57.8 Å². The van der Waals surface area contributed by atoms with E-state index in [2.05, 4.69) is 24.6 Å². The van der Waals surface area contributed by atoms with Crippen LogP contribution in [0.2, 0.25) is 0 Å². The molecule has 0 atom stereocenters. The third-order valence-electron chi connectivity index (χ3n) is 4.93. The summed E-state index contributed by atoms with van der Waals surface area (Å²) in [5.74, 6) is -0.782. The molecule has 0 aliphatic heterocycles. The van der Waals surface area contributed by atoms with Crippen LogP contribution in [0.15, 0.2) is 42.5 Å². The summed E-state index contributed by atoms with van der Waals surface area (Å²) in [7, 11) is 0. The average molecular weight is 426 g/mol. The Morgan fingerprint density at radius 3 is 1.93 bits per heavy atom. The molecule has 0 radical (unpaired) electrons. The molecule has 164 valence electrons. The SMILES string of the molecule is CCCCCCCC/C=C\CCCCCCCC(=O)NOC(=O)c1ccccc1.[NaH]. The molecule has 1 amide bonds. The quantitative estimate of drug-likeness (QED) is 0.147. The molecule has 0 saturated heterocycles. The van der Waals surface area contributed by atoms with Crippen LogP contribution in [-0.4, -0.2) is 41.4 Å². The third kappa shape index (κ3) is 16.7. The van der Waals surface area contributed by atoms with Gasteiger partial charge in [0, 0.05) is 6.42 Å². The van der Waals surface area contributed by atoms with Gasteiger partial charge in [0.1, 0.15) is 0 Å². The van der Waals surface area contributed by atoms with Crippen molar-refractivity contribution in [2.24, 2.45) is 0 Å². The number of amides is 1. The summed E-state index contributed by atoms with van der Waals surface area (Å²) in [5.41, 5.74) is 2.66. The molecule has 0 aliphatic rings. The van der Waals surface area contributed by atoms with Crippen LogP contribution in [0.25, 0.3) is 0 Å². The van der Waals surface area contributed by atoms with E-state index in [4.69, 9.17) is 4.84 Å². The Morgan fingerprint density at radius 1 is 0.800 bits per heavy atom. The van der Waals surface area contributed by atoms with Gasteiger partial charge in [-0.2, -0.15) is 5.48 Å². The molecule has 1 aromatic rings. The van der Waals surface area contributed by atoms with E-state index in [9.17, 15) is 9.59 Å². The van der Waals surface area contributed by atoms with Gasteiger partial charge in [-0.1, -0.05) is 88.6 Å². The van der Waals surface area contributed by atoms with Crippen LogP contribution in [0.4, 0.5) is 0 Å². The monoisotopic (exact) mass is 425 g/mol. The fourth-order valence-corrected chi connectivity index (χ4v) is 3.14. The summed E-state index contributed by atoms with van der Waals surface area (Å²) in [6.07, 6.45) is 21.0. The zero-order chi connectivity index (χ0) is 21.0. The molecule has 0 spiro atoms. The first-order valence-corrected chi connectivity index (χ1v) is 11.4. The van der Waals surface area contributed by atoms with Crippen molar-refractivity contribution >= 4 is 41.4 Å². The third-order valence-corrected chi connectivity index (χ3v) is 4.93. The van der Waals surface area contributed by atoms with Crippen molar-refractivity contribution in [1.29, 1.82) is 0 Å². The van der Waals surface area contributed by atoms with Gasteiger partial charge in [-0.3, -0.25) is 4.79 Å². The number of rotatable bonds is 16. The first-order chi connectivity index (χ1) is 14.2. The van der Waals surface area contributed by atoms with Gasteiger partial charge < -0.3 is 4.84 Å². The van der Waals surface area contributed by atoms with Crippen LogP contribution in [0.5, 0.6) is 0 Å². The van der Waals surface area contributed by atoms with Gasteiger partial charge in [0.05, 0.1) is 5.56 Å². The predicted molar refractivity (Wildman–Crippen MR) is 127 cm³/mol. The fourth-order valence-electron chi connectivity index (χ4n) is 3.14. The van der Waals surface area contributed by atoms with E-state index >= 15 is 0 Å². The number of benzene rings is 1. The molecule has 0 bridgehead atoms. The normalized spacial score (nSPS) is 10.6. The van der Waals surface area contributed by atoms with Crippen molar-refractivity contribution < 1.29 is 14.4 Å². The number of hydroxylamine groups is 1. The van der Waals surface area contributed by atoms with Crippen LogP contribution in [0.3, 0.4) is 0 Å². The zero-order valence-electron chi connectivity index (χ0n) is 18.2. The molecule has 0 heterocycles. The number of hydrogen-bond donors (Lipinski definition) is 1. The molecule has 0 fully saturated rings. The summed E-state index contributed by atoms with van der Waals surface area (Å²) >= 11 is 0. The van der Waals surface area contributed by atoms with E-state index in [0.29, 0.717) is 12.0 Å². The van der Waals surface area contributed by atoms with Crippen LogP contribution in [-0.2, 0) is 9.63 Å². The van der Waals surface area contributed by atoms with Gasteiger partial charge >= 0.3 is 35.5 Å². The number of carbonyl (C=O) groups is 2. The van der Waals surface area contributed by atoms with Crippen molar-refractivity contribution in [3.63, 3.8) is 0 Å². The number of unbranched alkanes of at least 4 members (excludes halogenated alkanes) is 11. The van der Waals surface area contributed by atoms with E-state index in [1.807, 2.05) is 6.07 Å². The first kappa shape index (κ1) is 28.9. The molecular weight excluding hydrogens is 385 g/mol. The van der Waals surface area contributed by atoms with Crippen LogP contribution >= 0.6 is 0 Å². The van der Waals surface area contributed by atoms with Gasteiger partial charge in [-0.25, -0.2) is 4.79 Å². The fraction of sp³-hybridized carbons (Fsp3) is 0.600. The Labute approximate surface area is 205 Å². The van der Waals surface area contributed by atoms with Crippen LogP contribution in [0.1, 0.15) is 107 Å². The zero-order valence-corrected chi connectivity index (χ0v) is 18.2. The number of nitrogens with one attached hydrogen (secondary N) is 1. The molecule has 5 heteroatoms. The van der Waals surface area contributed by atoms with Gasteiger partial charge in [0.25, 0.3) is 5.91 Å². The van der Waals surface area contributed by atoms with Gasteiger partial charge in [0.2, 0.25) is 0 Å². The predicted octanol–water partition coefficient (Wildman–Crippen LogP) is 6.26. The van der Waals surface area contributed by atoms with E-state index in [1.54, 1.807) is 24.3 Å². The molecule has 1 N–H and O–H groups in total. The van der Waals surface area contributed by atoms with E-state index in [0.717, 1.165) is 25.7 Å². The minimum absolute atomic E-state index is 0. The van der Waals surface area contributed by atoms with Crippen LogP contribution < -0.4 is 5.48 Å². The van der Waals surface area contributed by atoms with E-state index in [-0.39, 0.29) is 35.5 Å². The Morgan fingerprint density at radius 2 is 1.33 bits per heavy atom. The molecule has 1 rings (SSSR count). The van der Waals surface area contributed by atoms with E-state index < -0.39 is 5.97 Å². The summed E-state index contributed by atoms with van der Waals surface area (Å²) < 4.78 is 0. The Balaban J connectivity index is 0.00000841. The second-order valence-corrected chi connectivity index (χ2v) is 7.62. The number of allylic oxidation sites excluding steroid dienone is 2. The molecule has 0 aromatic heterocycles. The summed E-state index contributed by atoms with van der Waals surface area (Å²) in [4.78, 5) is 28.3. The Hall–Kier alpha value is -1.10. The van der Waals surface area contributed by atoms with Crippen LogP contribution in [0, 0.1) is 0 Å². The maximum atomic E-state index is 11.7. The van der Waals surface area contributed by atoms with Gasteiger partial charge in [-0.05, 0) is 44.2 Å². The molecule has 0 unspecified atom stereocenters. The molecule has 1 aromatic carbocycles. The first-order valence-electron chi connectivity index (χ1n) is 11.4. The Kier molecular flexibility index (Phi) is 20.4. The topological polar surface area (TPSA) is 55.4 Å². The van der Waals surface area contributed by atoms with Crippen molar-refractivity contribution in [3.8, 4) is 0 Å². The van der Waals surface area contributed by atoms with Crippen molar-refractivity contribution in [2.75, 3.05) is 0 Å². The molecule has 0 aliphatic carbocycles. The minimum atomic E-state index is -0.538. The number of hydrogen-bond acceptors (Lipinski definition) is 3. The Bertz CT molecular complexity index is 575. The average Bonchev–Trinajstić information content (AvgIpc) is 2.75. The molecular formula is C25H40NNaO3. The van der Waals surface area contributed by atoms with Gasteiger partial charge in [-0.15, -0.1) is 0 Å². The van der Waals surface area contributed by atoms with Gasteiger partial charge in [0.15, 0.2) is 0 Å². The van der Waals surface area contributed by atoms with Crippen molar-refractivity contribution in [3.05, 3.63) is 48.0 Å². The molecule has 0 saturated carbocycles. The summed E-state index contributed by atoms with van der Waals surface area (Å²) in [6.45, 7) is 2.26. The standard InChI is InChI=1S/C25H39NO3.Na.H/c1-2-3-4-5-6-7-8-9-10-11-12-13-14-15-19-22-24(27)26-29-25(28)23-20-17-16-18-21-23;;/h9-10,16-18,20-21H,2-8,11-15,19,22H2,1H3,(H,26,27);;/b10-9-;;. The molecule has 4 nitrogen and oxygen atoms in total. The van der Waals surface area contributed by atoms with Crippen molar-refractivity contribution in [2.45, 2.75) is 96.8 Å². The van der Waals surface area contributed by atoms with Crippen molar-refractivity contribution in [1.82, 2.24) is 5.48 Å². The summed E-state index contributed by atoms with van der Waals surface area (Å²) in [6, 6.07) is 8.63.